The van der Waals surface area contributed by atoms with Crippen LogP contribution in [0.25, 0.3) is 11.0 Å². The van der Waals surface area contributed by atoms with E-state index in [1.807, 2.05) is 32.0 Å². The fourth-order valence-corrected chi connectivity index (χ4v) is 4.30. The SMILES string of the molecule is CCc1cccc(C)c1NS(=O)(=O)c1cccc2nsnc12. The van der Waals surface area contributed by atoms with Gasteiger partial charge in [-0.3, -0.25) is 4.72 Å². The van der Waals surface area contributed by atoms with Crippen molar-refractivity contribution in [1.29, 1.82) is 0 Å². The molecule has 0 spiro atoms. The average Bonchev–Trinajstić information content (AvgIpc) is 2.97. The van der Waals surface area contributed by atoms with E-state index in [2.05, 4.69) is 13.5 Å². The molecule has 7 heteroatoms. The summed E-state index contributed by atoms with van der Waals surface area (Å²) in [5.74, 6) is 0. The molecule has 0 saturated heterocycles. The van der Waals surface area contributed by atoms with Crippen LogP contribution in [0.2, 0.25) is 0 Å². The fourth-order valence-electron chi connectivity index (χ4n) is 2.36. The van der Waals surface area contributed by atoms with Crippen molar-refractivity contribution in [2.75, 3.05) is 4.72 Å². The van der Waals surface area contributed by atoms with Gasteiger partial charge in [0.05, 0.1) is 17.4 Å². The molecule has 1 heterocycles. The molecule has 1 aromatic heterocycles. The summed E-state index contributed by atoms with van der Waals surface area (Å²) in [6.45, 7) is 3.89. The van der Waals surface area contributed by atoms with E-state index in [0.717, 1.165) is 29.3 Å². The number of fused-ring (bicyclic) bond motifs is 1. The second-order valence-corrected chi connectivity index (χ2v) is 7.14. The average molecular weight is 333 g/mol. The first-order valence-electron chi connectivity index (χ1n) is 6.85. The van der Waals surface area contributed by atoms with Crippen LogP contribution in [0.3, 0.4) is 0 Å². The molecule has 114 valence electrons. The molecule has 0 fully saturated rings. The standard InChI is InChI=1S/C15H15N3O2S2/c1-3-11-7-4-6-10(2)14(11)18-22(19,20)13-9-5-8-12-15(13)17-21-16-12/h4-9,18H,3H2,1-2H3. The number of hydrogen-bond acceptors (Lipinski definition) is 5. The lowest BCUT2D eigenvalue weighted by molar-refractivity contribution is 0.602. The van der Waals surface area contributed by atoms with Crippen LogP contribution in [0.15, 0.2) is 41.3 Å². The highest BCUT2D eigenvalue weighted by molar-refractivity contribution is 7.93. The number of rotatable bonds is 4. The number of sulfonamides is 1. The van der Waals surface area contributed by atoms with Gasteiger partial charge in [-0.15, -0.1) is 0 Å². The Balaban J connectivity index is 2.11. The van der Waals surface area contributed by atoms with Gasteiger partial charge in [0.15, 0.2) is 0 Å². The quantitative estimate of drug-likeness (QED) is 0.794. The number of aromatic nitrogens is 2. The van der Waals surface area contributed by atoms with Crippen LogP contribution in [-0.2, 0) is 16.4 Å². The van der Waals surface area contributed by atoms with Crippen molar-refractivity contribution in [1.82, 2.24) is 8.75 Å². The second-order valence-electron chi connectivity index (χ2n) is 4.96. The van der Waals surface area contributed by atoms with Crippen molar-refractivity contribution in [3.05, 3.63) is 47.5 Å². The van der Waals surface area contributed by atoms with Crippen LogP contribution in [0.5, 0.6) is 0 Å². The van der Waals surface area contributed by atoms with Crippen LogP contribution < -0.4 is 4.72 Å². The van der Waals surface area contributed by atoms with Gasteiger partial charge in [-0.1, -0.05) is 31.2 Å². The van der Waals surface area contributed by atoms with E-state index in [4.69, 9.17) is 0 Å². The Labute approximate surface area is 133 Å². The van der Waals surface area contributed by atoms with Gasteiger partial charge < -0.3 is 0 Å². The van der Waals surface area contributed by atoms with E-state index in [0.29, 0.717) is 16.7 Å². The van der Waals surface area contributed by atoms with Gasteiger partial charge in [0.1, 0.15) is 15.9 Å². The summed E-state index contributed by atoms with van der Waals surface area (Å²) in [4.78, 5) is 0.157. The molecule has 0 saturated carbocycles. The minimum Gasteiger partial charge on any atom is -0.279 e. The molecule has 0 amide bonds. The molecule has 0 atom stereocenters. The summed E-state index contributed by atoms with van der Waals surface area (Å²) in [6, 6.07) is 10.7. The molecular formula is C15H15N3O2S2. The van der Waals surface area contributed by atoms with Crippen molar-refractivity contribution in [3.63, 3.8) is 0 Å². The van der Waals surface area contributed by atoms with Crippen LogP contribution in [0.4, 0.5) is 5.69 Å². The fraction of sp³-hybridized carbons (Fsp3) is 0.200. The molecule has 0 aliphatic carbocycles. The van der Waals surface area contributed by atoms with Gasteiger partial charge in [0, 0.05) is 0 Å². The Morgan fingerprint density at radius 1 is 1.14 bits per heavy atom. The maximum absolute atomic E-state index is 12.8. The first-order valence-corrected chi connectivity index (χ1v) is 9.07. The van der Waals surface area contributed by atoms with E-state index in [1.165, 1.54) is 0 Å². The van der Waals surface area contributed by atoms with Crippen molar-refractivity contribution in [2.24, 2.45) is 0 Å². The van der Waals surface area contributed by atoms with Gasteiger partial charge in [0.25, 0.3) is 10.0 Å². The van der Waals surface area contributed by atoms with Crippen molar-refractivity contribution >= 4 is 38.5 Å². The second kappa shape index (κ2) is 5.66. The summed E-state index contributed by atoms with van der Waals surface area (Å²) in [7, 11) is -3.71. The van der Waals surface area contributed by atoms with Gasteiger partial charge in [-0.25, -0.2) is 8.42 Å². The predicted molar refractivity (Wildman–Crippen MR) is 88.8 cm³/mol. The van der Waals surface area contributed by atoms with Crippen LogP contribution in [-0.4, -0.2) is 17.2 Å². The van der Waals surface area contributed by atoms with Crippen LogP contribution in [0, 0.1) is 6.92 Å². The maximum atomic E-state index is 12.8. The number of anilines is 1. The molecule has 22 heavy (non-hydrogen) atoms. The summed E-state index contributed by atoms with van der Waals surface area (Å²) in [6.07, 6.45) is 0.752. The summed E-state index contributed by atoms with van der Waals surface area (Å²) < 4.78 is 36.4. The maximum Gasteiger partial charge on any atom is 0.264 e. The van der Waals surface area contributed by atoms with E-state index >= 15 is 0 Å². The highest BCUT2D eigenvalue weighted by Gasteiger charge is 2.21. The Morgan fingerprint density at radius 3 is 2.68 bits per heavy atom. The van der Waals surface area contributed by atoms with Crippen LogP contribution in [0.1, 0.15) is 18.1 Å². The smallest absolute Gasteiger partial charge is 0.264 e. The summed E-state index contributed by atoms with van der Waals surface area (Å²) >= 11 is 1.01. The minimum atomic E-state index is -3.71. The molecule has 0 radical (unpaired) electrons. The predicted octanol–water partition coefficient (Wildman–Crippen LogP) is 3.36. The molecule has 1 N–H and O–H groups in total. The molecule has 0 unspecified atom stereocenters. The van der Waals surface area contributed by atoms with Gasteiger partial charge in [0.2, 0.25) is 0 Å². The van der Waals surface area contributed by atoms with Crippen molar-refractivity contribution in [3.8, 4) is 0 Å². The lowest BCUT2D eigenvalue weighted by Gasteiger charge is -2.14. The van der Waals surface area contributed by atoms with Gasteiger partial charge >= 0.3 is 0 Å². The van der Waals surface area contributed by atoms with Crippen molar-refractivity contribution in [2.45, 2.75) is 25.2 Å². The first kappa shape index (κ1) is 14.9. The number of hydrogen-bond donors (Lipinski definition) is 1. The lowest BCUT2D eigenvalue weighted by atomic mass is 10.1. The molecule has 0 bridgehead atoms. The Morgan fingerprint density at radius 2 is 1.91 bits per heavy atom. The topological polar surface area (TPSA) is 72.0 Å². The number of para-hydroxylation sites is 1. The summed E-state index contributed by atoms with van der Waals surface area (Å²) in [5, 5.41) is 0. The molecule has 0 aliphatic rings. The molecule has 3 aromatic rings. The lowest BCUT2D eigenvalue weighted by Crippen LogP contribution is -2.15. The first-order chi connectivity index (χ1) is 10.5. The van der Waals surface area contributed by atoms with E-state index in [-0.39, 0.29) is 4.90 Å². The molecule has 0 aliphatic heterocycles. The zero-order valence-corrected chi connectivity index (χ0v) is 13.8. The number of aryl methyl sites for hydroxylation is 2. The van der Waals surface area contributed by atoms with Crippen molar-refractivity contribution < 1.29 is 8.42 Å². The molecule has 2 aromatic carbocycles. The van der Waals surface area contributed by atoms with Crippen LogP contribution >= 0.6 is 11.7 Å². The highest BCUT2D eigenvalue weighted by atomic mass is 32.2. The highest BCUT2D eigenvalue weighted by Crippen LogP contribution is 2.27. The molecule has 3 rings (SSSR count). The minimum absolute atomic E-state index is 0.157. The zero-order valence-electron chi connectivity index (χ0n) is 12.2. The summed E-state index contributed by atoms with van der Waals surface area (Å²) in [5.41, 5.74) is 3.50. The Hall–Kier alpha value is -1.99. The van der Waals surface area contributed by atoms with E-state index < -0.39 is 10.0 Å². The Kier molecular flexibility index (Phi) is 3.84. The molecule has 5 nitrogen and oxygen atoms in total. The number of nitrogens with one attached hydrogen (secondary N) is 1. The third kappa shape index (κ3) is 2.57. The normalized spacial score (nSPS) is 11.7. The number of benzene rings is 2. The third-order valence-electron chi connectivity index (χ3n) is 3.51. The zero-order chi connectivity index (χ0) is 15.7. The van der Waals surface area contributed by atoms with E-state index in [9.17, 15) is 8.42 Å². The monoisotopic (exact) mass is 333 g/mol. The third-order valence-corrected chi connectivity index (χ3v) is 5.44. The van der Waals surface area contributed by atoms with Gasteiger partial charge in [-0.05, 0) is 36.6 Å². The van der Waals surface area contributed by atoms with E-state index in [1.54, 1.807) is 18.2 Å². The Bertz CT molecular complexity index is 933. The van der Waals surface area contributed by atoms with Gasteiger partial charge in [-0.2, -0.15) is 8.75 Å². The molecular weight excluding hydrogens is 318 g/mol. The largest absolute Gasteiger partial charge is 0.279 e. The number of nitrogens with zero attached hydrogens (tertiary/aromatic N) is 2.